The lowest BCUT2D eigenvalue weighted by Crippen LogP contribution is -2.34. The summed E-state index contributed by atoms with van der Waals surface area (Å²) in [6.07, 6.45) is 3.35. The van der Waals surface area contributed by atoms with E-state index >= 15 is 0 Å². The summed E-state index contributed by atoms with van der Waals surface area (Å²) in [4.78, 5) is 0. The Kier molecular flexibility index (Phi) is 6.36. The van der Waals surface area contributed by atoms with Crippen LogP contribution in [0.15, 0.2) is 30.3 Å². The van der Waals surface area contributed by atoms with Crippen molar-refractivity contribution >= 4 is 10.0 Å². The van der Waals surface area contributed by atoms with Crippen LogP contribution in [0.2, 0.25) is 0 Å². The SMILES string of the molecule is CCCCS(=O)(=O)N[C@H](C)CCc1ccccc1. The Hall–Kier alpha value is -0.870. The fourth-order valence-corrected chi connectivity index (χ4v) is 3.30. The maximum Gasteiger partial charge on any atom is 0.211 e. The smallest absolute Gasteiger partial charge is 0.211 e. The van der Waals surface area contributed by atoms with Crippen molar-refractivity contribution < 1.29 is 8.42 Å². The van der Waals surface area contributed by atoms with Crippen molar-refractivity contribution in [3.05, 3.63) is 35.9 Å². The minimum absolute atomic E-state index is 0.00735. The summed E-state index contributed by atoms with van der Waals surface area (Å²) < 4.78 is 26.1. The number of rotatable bonds is 8. The van der Waals surface area contributed by atoms with Crippen LogP contribution in [0.25, 0.3) is 0 Å². The van der Waals surface area contributed by atoms with Gasteiger partial charge in [-0.15, -0.1) is 0 Å². The maximum atomic E-state index is 11.7. The van der Waals surface area contributed by atoms with E-state index in [1.165, 1.54) is 5.56 Å². The molecule has 1 N–H and O–H groups in total. The van der Waals surface area contributed by atoms with E-state index in [0.717, 1.165) is 25.7 Å². The van der Waals surface area contributed by atoms with E-state index in [1.54, 1.807) is 0 Å². The monoisotopic (exact) mass is 269 g/mol. The van der Waals surface area contributed by atoms with Crippen molar-refractivity contribution in [1.29, 1.82) is 0 Å². The fraction of sp³-hybridized carbons (Fsp3) is 0.571. The van der Waals surface area contributed by atoms with Crippen LogP contribution >= 0.6 is 0 Å². The molecule has 0 radical (unpaired) electrons. The molecule has 0 fully saturated rings. The van der Waals surface area contributed by atoms with E-state index in [0.29, 0.717) is 0 Å². The molecular weight excluding hydrogens is 246 g/mol. The average Bonchev–Trinajstić information content (AvgIpc) is 2.35. The molecule has 0 aliphatic heterocycles. The lowest BCUT2D eigenvalue weighted by Gasteiger charge is -2.14. The van der Waals surface area contributed by atoms with Crippen LogP contribution in [-0.2, 0) is 16.4 Å². The molecule has 1 atom stereocenters. The second-order valence-corrected chi connectivity index (χ2v) is 6.59. The highest BCUT2D eigenvalue weighted by molar-refractivity contribution is 7.89. The number of hydrogen-bond acceptors (Lipinski definition) is 2. The third kappa shape index (κ3) is 6.17. The van der Waals surface area contributed by atoms with Crippen molar-refractivity contribution in [2.24, 2.45) is 0 Å². The summed E-state index contributed by atoms with van der Waals surface area (Å²) >= 11 is 0. The quantitative estimate of drug-likeness (QED) is 0.788. The fourth-order valence-electron chi connectivity index (χ4n) is 1.79. The van der Waals surface area contributed by atoms with Gasteiger partial charge in [0, 0.05) is 6.04 Å². The van der Waals surface area contributed by atoms with Crippen molar-refractivity contribution in [3.63, 3.8) is 0 Å². The van der Waals surface area contributed by atoms with Crippen LogP contribution < -0.4 is 4.72 Å². The summed E-state index contributed by atoms with van der Waals surface area (Å²) in [7, 11) is -3.10. The van der Waals surface area contributed by atoms with E-state index in [-0.39, 0.29) is 11.8 Å². The predicted octanol–water partition coefficient (Wildman–Crippen LogP) is 2.73. The Labute approximate surface area is 111 Å². The molecule has 0 unspecified atom stereocenters. The molecule has 0 spiro atoms. The lowest BCUT2D eigenvalue weighted by molar-refractivity contribution is 0.544. The van der Waals surface area contributed by atoms with Gasteiger partial charge >= 0.3 is 0 Å². The molecule has 4 heteroatoms. The van der Waals surface area contributed by atoms with Crippen molar-refractivity contribution in [2.75, 3.05) is 5.75 Å². The van der Waals surface area contributed by atoms with Gasteiger partial charge in [0.1, 0.15) is 0 Å². The van der Waals surface area contributed by atoms with E-state index < -0.39 is 10.0 Å². The normalized spacial score (nSPS) is 13.4. The second kappa shape index (κ2) is 7.54. The van der Waals surface area contributed by atoms with Gasteiger partial charge in [0.25, 0.3) is 0 Å². The number of unbranched alkanes of at least 4 members (excludes halogenated alkanes) is 1. The molecule has 0 aromatic heterocycles. The topological polar surface area (TPSA) is 46.2 Å². The first-order valence-electron chi connectivity index (χ1n) is 6.57. The molecule has 102 valence electrons. The number of sulfonamides is 1. The number of benzene rings is 1. The van der Waals surface area contributed by atoms with Crippen LogP contribution in [0.5, 0.6) is 0 Å². The minimum atomic E-state index is -3.10. The molecule has 0 saturated carbocycles. The van der Waals surface area contributed by atoms with E-state index in [9.17, 15) is 8.42 Å². The molecule has 0 amide bonds. The first kappa shape index (κ1) is 15.2. The summed E-state index contributed by atoms with van der Waals surface area (Å²) in [6.45, 7) is 3.92. The Balaban J connectivity index is 2.35. The molecule has 1 aromatic carbocycles. The minimum Gasteiger partial charge on any atom is -0.212 e. The number of nitrogens with one attached hydrogen (secondary N) is 1. The Morgan fingerprint density at radius 2 is 1.89 bits per heavy atom. The lowest BCUT2D eigenvalue weighted by atomic mass is 10.1. The summed E-state index contributed by atoms with van der Waals surface area (Å²) in [5.74, 6) is 0.235. The first-order chi connectivity index (χ1) is 8.53. The largest absolute Gasteiger partial charge is 0.212 e. The average molecular weight is 269 g/mol. The molecule has 0 aliphatic rings. The van der Waals surface area contributed by atoms with Crippen molar-refractivity contribution in [3.8, 4) is 0 Å². The van der Waals surface area contributed by atoms with E-state index in [2.05, 4.69) is 16.9 Å². The van der Waals surface area contributed by atoms with E-state index in [1.807, 2.05) is 32.0 Å². The molecule has 0 saturated heterocycles. The summed E-state index contributed by atoms with van der Waals surface area (Å²) in [6, 6.07) is 10.1. The van der Waals surface area contributed by atoms with E-state index in [4.69, 9.17) is 0 Å². The number of aryl methyl sites for hydroxylation is 1. The highest BCUT2D eigenvalue weighted by atomic mass is 32.2. The predicted molar refractivity (Wildman–Crippen MR) is 76.1 cm³/mol. The molecule has 1 rings (SSSR count). The van der Waals surface area contributed by atoms with Crippen molar-refractivity contribution in [2.45, 2.75) is 45.6 Å². The zero-order valence-electron chi connectivity index (χ0n) is 11.2. The van der Waals surface area contributed by atoms with Gasteiger partial charge in [-0.05, 0) is 31.7 Å². The summed E-state index contributed by atoms with van der Waals surface area (Å²) in [5.41, 5.74) is 1.25. The number of hydrogen-bond donors (Lipinski definition) is 1. The third-order valence-corrected chi connectivity index (χ3v) is 4.44. The molecule has 0 heterocycles. The second-order valence-electron chi connectivity index (χ2n) is 4.72. The van der Waals surface area contributed by atoms with Crippen LogP contribution in [0.3, 0.4) is 0 Å². The Morgan fingerprint density at radius 1 is 1.22 bits per heavy atom. The standard InChI is InChI=1S/C14H23NO2S/c1-3-4-12-18(16,17)15-13(2)10-11-14-8-6-5-7-9-14/h5-9,13,15H,3-4,10-12H2,1-2H3/t13-/m1/s1. The van der Waals surface area contributed by atoms with Crippen LogP contribution in [0.1, 0.15) is 38.7 Å². The molecule has 18 heavy (non-hydrogen) atoms. The highest BCUT2D eigenvalue weighted by Crippen LogP contribution is 2.06. The molecule has 3 nitrogen and oxygen atoms in total. The molecule has 1 aromatic rings. The molecule has 0 bridgehead atoms. The maximum absolute atomic E-state index is 11.7. The van der Waals surface area contributed by atoms with Crippen molar-refractivity contribution in [1.82, 2.24) is 4.72 Å². The van der Waals surface area contributed by atoms with Gasteiger partial charge in [-0.3, -0.25) is 0 Å². The van der Waals surface area contributed by atoms with Gasteiger partial charge in [-0.2, -0.15) is 0 Å². The highest BCUT2D eigenvalue weighted by Gasteiger charge is 2.13. The van der Waals surface area contributed by atoms with Gasteiger partial charge < -0.3 is 0 Å². The van der Waals surface area contributed by atoms with Gasteiger partial charge in [-0.1, -0.05) is 43.7 Å². The molecular formula is C14H23NO2S. The third-order valence-electron chi connectivity index (χ3n) is 2.86. The van der Waals surface area contributed by atoms with Crippen LogP contribution in [-0.4, -0.2) is 20.2 Å². The first-order valence-corrected chi connectivity index (χ1v) is 8.22. The van der Waals surface area contributed by atoms with Crippen LogP contribution in [0.4, 0.5) is 0 Å². The zero-order valence-corrected chi connectivity index (χ0v) is 12.0. The van der Waals surface area contributed by atoms with Gasteiger partial charge in [0.2, 0.25) is 10.0 Å². The summed E-state index contributed by atoms with van der Waals surface area (Å²) in [5, 5.41) is 0. The zero-order chi connectivity index (χ0) is 13.4. The van der Waals surface area contributed by atoms with Gasteiger partial charge in [-0.25, -0.2) is 13.1 Å². The Morgan fingerprint density at radius 3 is 2.50 bits per heavy atom. The van der Waals surface area contributed by atoms with Gasteiger partial charge in [0.15, 0.2) is 0 Å². The molecule has 0 aliphatic carbocycles. The van der Waals surface area contributed by atoms with Crippen LogP contribution in [0, 0.1) is 0 Å². The Bertz CT molecular complexity index is 428. The van der Waals surface area contributed by atoms with Gasteiger partial charge in [0.05, 0.1) is 5.75 Å².